The Kier molecular flexibility index (Phi) is 11.2. The lowest BCUT2D eigenvalue weighted by Crippen LogP contribution is -2.45. The number of amides is 1. The Labute approximate surface area is 253 Å². The molecule has 0 saturated carbocycles. The van der Waals surface area contributed by atoms with Gasteiger partial charge in [0.15, 0.2) is 11.7 Å². The summed E-state index contributed by atoms with van der Waals surface area (Å²) < 4.78 is 18.5. The predicted octanol–water partition coefficient (Wildman–Crippen LogP) is 3.79. The minimum absolute atomic E-state index is 0.111. The van der Waals surface area contributed by atoms with Crippen LogP contribution in [0.2, 0.25) is 0 Å². The fourth-order valence-corrected chi connectivity index (χ4v) is 5.86. The number of terminal acetylenes is 1. The van der Waals surface area contributed by atoms with Gasteiger partial charge in [-0.15, -0.1) is 6.42 Å². The summed E-state index contributed by atoms with van der Waals surface area (Å²) in [7, 11) is 0. The van der Waals surface area contributed by atoms with Gasteiger partial charge in [0.25, 0.3) is 5.91 Å². The molecule has 1 aliphatic heterocycles. The Morgan fingerprint density at radius 3 is 2.76 bits per heavy atom. The number of ether oxygens (including phenoxy) is 3. The summed E-state index contributed by atoms with van der Waals surface area (Å²) in [6, 6.07) is 10.3. The molecule has 9 nitrogen and oxygen atoms in total. The number of halogens is 2. The van der Waals surface area contributed by atoms with Gasteiger partial charge in [0.05, 0.1) is 28.0 Å². The molecule has 0 unspecified atom stereocenters. The van der Waals surface area contributed by atoms with Gasteiger partial charge >= 0.3 is 5.97 Å². The molecule has 2 aromatic rings. The van der Waals surface area contributed by atoms with Crippen molar-refractivity contribution in [3.05, 3.63) is 65.9 Å². The number of hydrogen-bond acceptors (Lipinski definition) is 7. The molecular weight excluding hydrogens is 734 g/mol. The molecule has 0 spiro atoms. The van der Waals surface area contributed by atoms with Crippen molar-refractivity contribution in [1.29, 1.82) is 0 Å². The summed E-state index contributed by atoms with van der Waals surface area (Å²) in [5, 5.41) is 10.5. The molecule has 3 rings (SSSR count). The number of benzene rings is 2. The second kappa shape index (κ2) is 14.3. The molecule has 1 aliphatic rings. The van der Waals surface area contributed by atoms with Crippen LogP contribution in [0.4, 0.5) is 0 Å². The lowest BCUT2D eigenvalue weighted by Gasteiger charge is -2.30. The molecule has 1 amide bonds. The number of nitrogens with one attached hydrogen (secondary N) is 3. The first-order chi connectivity index (χ1) is 18.2. The van der Waals surface area contributed by atoms with Gasteiger partial charge in [0.1, 0.15) is 18.1 Å². The lowest BCUT2D eigenvalue weighted by atomic mass is 9.95. The van der Waals surface area contributed by atoms with E-state index in [1.165, 1.54) is 6.21 Å². The number of rotatable bonds is 10. The molecule has 0 aromatic heterocycles. The summed E-state index contributed by atoms with van der Waals surface area (Å²) in [5.74, 6) is 2.47. The molecular formula is C26H24I2N4O5S. The summed E-state index contributed by atoms with van der Waals surface area (Å²) in [6.07, 6.45) is 6.80. The van der Waals surface area contributed by atoms with Crippen molar-refractivity contribution in [3.63, 3.8) is 0 Å². The topological polar surface area (TPSA) is 110 Å². The van der Waals surface area contributed by atoms with Gasteiger partial charge in [-0.3, -0.25) is 4.79 Å². The van der Waals surface area contributed by atoms with E-state index in [9.17, 15) is 9.59 Å². The summed E-state index contributed by atoms with van der Waals surface area (Å²) in [6.45, 7) is 3.51. The van der Waals surface area contributed by atoms with Crippen molar-refractivity contribution < 1.29 is 23.8 Å². The van der Waals surface area contributed by atoms with Crippen molar-refractivity contribution in [2.75, 3.05) is 19.8 Å². The number of esters is 1. The fraction of sp³-hybridized carbons (Fsp3) is 0.231. The largest absolute Gasteiger partial charge is 0.483 e. The highest BCUT2D eigenvalue weighted by Crippen LogP contribution is 2.33. The first kappa shape index (κ1) is 29.7. The predicted molar refractivity (Wildman–Crippen MR) is 165 cm³/mol. The second-order valence-corrected chi connectivity index (χ2v) is 10.5. The molecule has 0 radical (unpaired) electrons. The highest BCUT2D eigenvalue weighted by atomic mass is 127. The number of para-hydroxylation sites is 1. The average molecular weight is 758 g/mol. The highest BCUT2D eigenvalue weighted by Gasteiger charge is 2.32. The molecule has 38 heavy (non-hydrogen) atoms. The van der Waals surface area contributed by atoms with Crippen molar-refractivity contribution in [1.82, 2.24) is 16.1 Å². The normalized spacial score (nSPS) is 14.8. The number of nitrogens with zero attached hydrogens (tertiary/aromatic N) is 1. The van der Waals surface area contributed by atoms with E-state index in [0.29, 0.717) is 39.0 Å². The zero-order valence-electron chi connectivity index (χ0n) is 20.5. The molecule has 3 N–H and O–H groups in total. The molecule has 198 valence electrons. The standard InChI is InChI=1S/C26H24I2N4O5S/c1-4-10-36-24-16(11-17(27)12-19(24)28)13-29-32-21(33)14-37-20-9-7-6-8-18(20)23-22(25(34)35-5-2)15(3)30-26(38)31-23/h1,6-9,11-13,23H,5,10,14H2,2-3H3,(H,32,33)(H2,30,31,38)/t23-/m1/s1. The number of carbonyl (C=O) groups excluding carboxylic acids is 2. The quantitative estimate of drug-likeness (QED) is 0.0840. The molecule has 12 heteroatoms. The molecule has 1 atom stereocenters. The smallest absolute Gasteiger partial charge is 0.338 e. The van der Waals surface area contributed by atoms with Crippen LogP contribution in [0.25, 0.3) is 0 Å². The second-order valence-electron chi connectivity index (χ2n) is 7.71. The van der Waals surface area contributed by atoms with Gasteiger partial charge in [-0.1, -0.05) is 24.1 Å². The van der Waals surface area contributed by atoms with Crippen molar-refractivity contribution >= 4 is 80.6 Å². The molecule has 0 bridgehead atoms. The van der Waals surface area contributed by atoms with Crippen LogP contribution in [0.3, 0.4) is 0 Å². The van der Waals surface area contributed by atoms with E-state index in [-0.39, 0.29) is 19.8 Å². The Balaban J connectivity index is 1.73. The molecule has 0 saturated heterocycles. The van der Waals surface area contributed by atoms with Crippen molar-refractivity contribution in [2.24, 2.45) is 5.10 Å². The summed E-state index contributed by atoms with van der Waals surface area (Å²) >= 11 is 9.64. The van der Waals surface area contributed by atoms with E-state index >= 15 is 0 Å². The zero-order chi connectivity index (χ0) is 27.7. The van der Waals surface area contributed by atoms with Crippen LogP contribution in [0.1, 0.15) is 31.0 Å². The van der Waals surface area contributed by atoms with Crippen molar-refractivity contribution in [3.8, 4) is 23.8 Å². The molecule has 0 fully saturated rings. The first-order valence-electron chi connectivity index (χ1n) is 11.3. The maximum atomic E-state index is 12.7. The van der Waals surface area contributed by atoms with Gasteiger partial charge in [0, 0.05) is 20.4 Å². The Hall–Kier alpha value is -2.90. The number of hydrazone groups is 1. The molecule has 1 heterocycles. The van der Waals surface area contributed by atoms with E-state index in [2.05, 4.69) is 72.3 Å². The SMILES string of the molecule is C#CCOc1c(I)cc(I)cc1C=NNC(=O)COc1ccccc1[C@H]1NC(=S)NC(C)=C1C(=O)OCC. The van der Waals surface area contributed by atoms with Crippen LogP contribution in [-0.4, -0.2) is 43.0 Å². The summed E-state index contributed by atoms with van der Waals surface area (Å²) in [4.78, 5) is 25.2. The Bertz CT molecular complexity index is 1340. The van der Waals surface area contributed by atoms with Gasteiger partial charge in [-0.05, 0) is 89.4 Å². The van der Waals surface area contributed by atoms with E-state index in [4.69, 9.17) is 32.9 Å². The van der Waals surface area contributed by atoms with E-state index < -0.39 is 17.9 Å². The van der Waals surface area contributed by atoms with Crippen LogP contribution < -0.4 is 25.5 Å². The first-order valence-corrected chi connectivity index (χ1v) is 13.9. The van der Waals surface area contributed by atoms with Crippen LogP contribution in [0, 0.1) is 19.5 Å². The summed E-state index contributed by atoms with van der Waals surface area (Å²) in [5.41, 5.74) is 4.70. The van der Waals surface area contributed by atoms with Crippen molar-refractivity contribution in [2.45, 2.75) is 19.9 Å². The van der Waals surface area contributed by atoms with Gasteiger partial charge in [-0.25, -0.2) is 10.2 Å². The Morgan fingerprint density at radius 2 is 2.03 bits per heavy atom. The monoisotopic (exact) mass is 758 g/mol. The van der Waals surface area contributed by atoms with Gasteiger partial charge < -0.3 is 24.8 Å². The highest BCUT2D eigenvalue weighted by molar-refractivity contribution is 14.1. The third-order valence-electron chi connectivity index (χ3n) is 5.08. The van der Waals surface area contributed by atoms with Gasteiger partial charge in [-0.2, -0.15) is 5.10 Å². The van der Waals surface area contributed by atoms with E-state index in [1.807, 2.05) is 12.1 Å². The maximum Gasteiger partial charge on any atom is 0.338 e. The third kappa shape index (κ3) is 7.81. The average Bonchev–Trinajstić information content (AvgIpc) is 2.86. The van der Waals surface area contributed by atoms with Crippen LogP contribution in [0.5, 0.6) is 11.5 Å². The minimum atomic E-state index is -0.621. The zero-order valence-corrected chi connectivity index (χ0v) is 25.6. The van der Waals surface area contributed by atoms with Crippen LogP contribution >= 0.6 is 57.4 Å². The number of hydrogen-bond donors (Lipinski definition) is 3. The fourth-order valence-electron chi connectivity index (χ4n) is 3.55. The Morgan fingerprint density at radius 1 is 1.26 bits per heavy atom. The third-order valence-corrected chi connectivity index (χ3v) is 6.73. The van der Waals surface area contributed by atoms with E-state index in [1.54, 1.807) is 38.1 Å². The molecule has 2 aromatic carbocycles. The van der Waals surface area contributed by atoms with Gasteiger partial charge in [0.2, 0.25) is 0 Å². The van der Waals surface area contributed by atoms with Crippen LogP contribution in [-0.2, 0) is 14.3 Å². The molecule has 0 aliphatic carbocycles. The number of carbonyl (C=O) groups is 2. The minimum Gasteiger partial charge on any atom is -0.483 e. The number of thiocarbonyl (C=S) groups is 1. The maximum absolute atomic E-state index is 12.7. The van der Waals surface area contributed by atoms with Crippen LogP contribution in [0.15, 0.2) is 52.8 Å². The lowest BCUT2D eigenvalue weighted by molar-refractivity contribution is -0.139. The van der Waals surface area contributed by atoms with E-state index in [0.717, 1.165) is 7.14 Å². The number of allylic oxidation sites excluding steroid dienone is 1.